The summed E-state index contributed by atoms with van der Waals surface area (Å²) in [5, 5.41) is 15.2. The van der Waals surface area contributed by atoms with Crippen molar-refractivity contribution >= 4 is 23.6 Å². The summed E-state index contributed by atoms with van der Waals surface area (Å²) in [7, 11) is 0. The number of amides is 3. The van der Waals surface area contributed by atoms with E-state index in [9.17, 15) is 14.7 Å². The Labute approximate surface area is 193 Å². The zero-order chi connectivity index (χ0) is 23.5. The number of benzene rings is 1. The number of hydrogen-bond acceptors (Lipinski definition) is 6. The summed E-state index contributed by atoms with van der Waals surface area (Å²) in [4.78, 5) is 37.1. The summed E-state index contributed by atoms with van der Waals surface area (Å²) in [5.41, 5.74) is 3.10. The fourth-order valence-electron chi connectivity index (χ4n) is 4.45. The monoisotopic (exact) mass is 454 g/mol. The van der Waals surface area contributed by atoms with E-state index in [2.05, 4.69) is 22.5 Å². The molecule has 3 amide bonds. The lowest BCUT2D eigenvalue weighted by atomic mass is 10.0. The summed E-state index contributed by atoms with van der Waals surface area (Å²) >= 11 is 0. The van der Waals surface area contributed by atoms with Gasteiger partial charge in [-0.3, -0.25) is 4.90 Å². The molecule has 0 bridgehead atoms. The Balaban J connectivity index is 1.73. The van der Waals surface area contributed by atoms with Crippen LogP contribution in [0.2, 0.25) is 0 Å². The summed E-state index contributed by atoms with van der Waals surface area (Å²) in [6.45, 7) is 8.57. The standard InChI is InChI=1S/C23H30N6O4/c1-4-18-19-17(12-29(18)23(31)32)26-20(27-21(19)28-10-11-33-13-14(28)3)15-6-8-16(9-7-15)25-22(30)24-5-2/h6-9,14,18H,4-5,10-13H2,1-3H3,(H,31,32)(H2,24,25,30)/t14?,18-/m0/s1. The van der Waals surface area contributed by atoms with E-state index in [0.717, 1.165) is 22.6 Å². The Morgan fingerprint density at radius 2 is 1.97 bits per heavy atom. The molecule has 1 unspecified atom stereocenters. The van der Waals surface area contributed by atoms with Gasteiger partial charge in [0.2, 0.25) is 0 Å². The van der Waals surface area contributed by atoms with Gasteiger partial charge in [-0.25, -0.2) is 19.6 Å². The molecule has 2 aliphatic rings. The van der Waals surface area contributed by atoms with Gasteiger partial charge in [-0.15, -0.1) is 0 Å². The number of anilines is 2. The number of ether oxygens (including phenoxy) is 1. The highest BCUT2D eigenvalue weighted by molar-refractivity contribution is 5.89. The number of morpholine rings is 1. The molecule has 3 heterocycles. The molecule has 1 saturated heterocycles. The Morgan fingerprint density at radius 3 is 2.61 bits per heavy atom. The Kier molecular flexibility index (Phi) is 6.64. The van der Waals surface area contributed by atoms with Crippen molar-refractivity contribution < 1.29 is 19.4 Å². The first-order valence-electron chi connectivity index (χ1n) is 11.3. The van der Waals surface area contributed by atoms with E-state index in [1.54, 1.807) is 12.1 Å². The Bertz CT molecular complexity index is 1030. The molecule has 0 saturated carbocycles. The number of rotatable bonds is 5. The van der Waals surface area contributed by atoms with Crippen molar-refractivity contribution in [1.29, 1.82) is 0 Å². The van der Waals surface area contributed by atoms with Crippen molar-refractivity contribution in [3.63, 3.8) is 0 Å². The molecule has 10 heteroatoms. The average Bonchev–Trinajstić information content (AvgIpc) is 3.18. The molecule has 2 atom stereocenters. The minimum absolute atomic E-state index is 0.116. The summed E-state index contributed by atoms with van der Waals surface area (Å²) in [6.07, 6.45) is -0.309. The topological polar surface area (TPSA) is 120 Å². The van der Waals surface area contributed by atoms with Crippen LogP contribution in [-0.4, -0.2) is 64.4 Å². The number of urea groups is 1. The van der Waals surface area contributed by atoms with E-state index < -0.39 is 6.09 Å². The van der Waals surface area contributed by atoms with E-state index in [-0.39, 0.29) is 24.7 Å². The second-order valence-corrected chi connectivity index (χ2v) is 8.24. The van der Waals surface area contributed by atoms with Crippen LogP contribution in [0.5, 0.6) is 0 Å². The molecule has 0 aliphatic carbocycles. The molecule has 2 aromatic rings. The number of fused-ring (bicyclic) bond motifs is 1. The van der Waals surface area contributed by atoms with Crippen LogP contribution in [0, 0.1) is 0 Å². The van der Waals surface area contributed by atoms with Crippen molar-refractivity contribution in [1.82, 2.24) is 20.2 Å². The summed E-state index contributed by atoms with van der Waals surface area (Å²) < 4.78 is 5.61. The average molecular weight is 455 g/mol. The van der Waals surface area contributed by atoms with E-state index in [1.807, 2.05) is 26.0 Å². The smallest absolute Gasteiger partial charge is 0.408 e. The van der Waals surface area contributed by atoms with Crippen LogP contribution in [0.3, 0.4) is 0 Å². The van der Waals surface area contributed by atoms with Crippen LogP contribution in [-0.2, 0) is 11.3 Å². The summed E-state index contributed by atoms with van der Waals surface area (Å²) in [5.74, 6) is 1.32. The van der Waals surface area contributed by atoms with Gasteiger partial charge in [-0.05, 0) is 44.5 Å². The maximum atomic E-state index is 11.9. The fraction of sp³-hybridized carbons (Fsp3) is 0.478. The van der Waals surface area contributed by atoms with Gasteiger partial charge in [-0.1, -0.05) is 6.92 Å². The van der Waals surface area contributed by atoms with Gasteiger partial charge in [0.1, 0.15) is 5.82 Å². The number of carboxylic acid groups (broad SMARTS) is 1. The molecule has 0 radical (unpaired) electrons. The number of carbonyl (C=O) groups is 2. The van der Waals surface area contributed by atoms with Crippen molar-refractivity contribution in [2.75, 3.05) is 36.5 Å². The second-order valence-electron chi connectivity index (χ2n) is 8.24. The molecule has 0 spiro atoms. The van der Waals surface area contributed by atoms with Gasteiger partial charge in [0, 0.05) is 29.9 Å². The third-order valence-corrected chi connectivity index (χ3v) is 6.04. The Morgan fingerprint density at radius 1 is 1.21 bits per heavy atom. The number of nitrogens with one attached hydrogen (secondary N) is 2. The number of carbonyl (C=O) groups excluding carboxylic acids is 1. The normalized spacial score (nSPS) is 19.8. The van der Waals surface area contributed by atoms with Crippen LogP contribution in [0.1, 0.15) is 44.5 Å². The molecule has 2 aliphatic heterocycles. The predicted molar refractivity (Wildman–Crippen MR) is 124 cm³/mol. The van der Waals surface area contributed by atoms with E-state index in [0.29, 0.717) is 44.2 Å². The molecule has 1 fully saturated rings. The highest BCUT2D eigenvalue weighted by Crippen LogP contribution is 2.42. The van der Waals surface area contributed by atoms with E-state index in [4.69, 9.17) is 14.7 Å². The van der Waals surface area contributed by atoms with Crippen molar-refractivity contribution in [2.45, 2.75) is 45.8 Å². The number of nitrogens with zero attached hydrogens (tertiary/aromatic N) is 4. The maximum Gasteiger partial charge on any atom is 0.408 e. The molecule has 1 aromatic heterocycles. The minimum atomic E-state index is -0.955. The fourth-order valence-corrected chi connectivity index (χ4v) is 4.45. The number of hydrogen-bond donors (Lipinski definition) is 3. The first-order chi connectivity index (χ1) is 15.9. The van der Waals surface area contributed by atoms with Gasteiger partial charge in [-0.2, -0.15) is 0 Å². The van der Waals surface area contributed by atoms with Crippen molar-refractivity contribution in [3.8, 4) is 11.4 Å². The third-order valence-electron chi connectivity index (χ3n) is 6.04. The lowest BCUT2D eigenvalue weighted by Crippen LogP contribution is -2.45. The lowest BCUT2D eigenvalue weighted by Gasteiger charge is -2.36. The van der Waals surface area contributed by atoms with Crippen molar-refractivity contribution in [3.05, 3.63) is 35.5 Å². The quantitative estimate of drug-likeness (QED) is 0.633. The third kappa shape index (κ3) is 4.56. The van der Waals surface area contributed by atoms with Crippen molar-refractivity contribution in [2.24, 2.45) is 0 Å². The SMILES string of the molecule is CCNC(=O)Nc1ccc(-c2nc3c(c(N4CCOCC4C)n2)[C@H](CC)N(C(=O)O)C3)cc1. The lowest BCUT2D eigenvalue weighted by molar-refractivity contribution is 0.0981. The molecule has 1 aromatic carbocycles. The molecule has 10 nitrogen and oxygen atoms in total. The highest BCUT2D eigenvalue weighted by atomic mass is 16.5. The second kappa shape index (κ2) is 9.62. The first-order valence-corrected chi connectivity index (χ1v) is 11.3. The van der Waals surface area contributed by atoms with Crippen LogP contribution < -0.4 is 15.5 Å². The van der Waals surface area contributed by atoms with Gasteiger partial charge >= 0.3 is 12.1 Å². The molecule has 176 valence electrons. The zero-order valence-corrected chi connectivity index (χ0v) is 19.2. The molecular weight excluding hydrogens is 424 g/mol. The largest absolute Gasteiger partial charge is 0.465 e. The highest BCUT2D eigenvalue weighted by Gasteiger charge is 2.39. The zero-order valence-electron chi connectivity index (χ0n) is 19.2. The first kappa shape index (κ1) is 22.8. The van der Waals surface area contributed by atoms with Crippen LogP contribution in [0.15, 0.2) is 24.3 Å². The molecule has 4 rings (SSSR count). The number of aromatic nitrogens is 2. The molecular formula is C23H30N6O4. The maximum absolute atomic E-state index is 11.9. The summed E-state index contributed by atoms with van der Waals surface area (Å²) in [6, 6.07) is 6.90. The molecule has 33 heavy (non-hydrogen) atoms. The van der Waals surface area contributed by atoms with Crippen LogP contribution in [0.25, 0.3) is 11.4 Å². The van der Waals surface area contributed by atoms with Gasteiger partial charge < -0.3 is 25.4 Å². The Hall–Kier alpha value is -3.40. The van der Waals surface area contributed by atoms with Crippen LogP contribution in [0.4, 0.5) is 21.1 Å². The predicted octanol–water partition coefficient (Wildman–Crippen LogP) is 3.45. The van der Waals surface area contributed by atoms with E-state index >= 15 is 0 Å². The van der Waals surface area contributed by atoms with Crippen LogP contribution >= 0.6 is 0 Å². The van der Waals surface area contributed by atoms with E-state index in [1.165, 1.54) is 4.90 Å². The molecule has 3 N–H and O–H groups in total. The van der Waals surface area contributed by atoms with Gasteiger partial charge in [0.05, 0.1) is 37.5 Å². The van der Waals surface area contributed by atoms with Gasteiger partial charge in [0.15, 0.2) is 5.82 Å². The van der Waals surface area contributed by atoms with Gasteiger partial charge in [0.25, 0.3) is 0 Å². The minimum Gasteiger partial charge on any atom is -0.465 e.